The summed E-state index contributed by atoms with van der Waals surface area (Å²) in [6, 6.07) is 3.08. The molecular formula is C8H11NO4S. The van der Waals surface area contributed by atoms with Crippen LogP contribution in [0.5, 0.6) is 11.5 Å². The van der Waals surface area contributed by atoms with Gasteiger partial charge in [-0.1, -0.05) is 6.92 Å². The molecule has 0 aliphatic carbocycles. The quantitative estimate of drug-likeness (QED) is 0.381. The van der Waals surface area contributed by atoms with E-state index < -0.39 is 16.4 Å². The van der Waals surface area contributed by atoms with E-state index in [4.69, 9.17) is 10.2 Å². The minimum absolute atomic E-state index is 0.201. The van der Waals surface area contributed by atoms with Crippen LogP contribution in [0.25, 0.3) is 0 Å². The molecule has 0 aromatic heterocycles. The van der Waals surface area contributed by atoms with Crippen molar-refractivity contribution in [3.8, 4) is 11.5 Å². The van der Waals surface area contributed by atoms with Gasteiger partial charge < -0.3 is 10.2 Å². The van der Waals surface area contributed by atoms with Crippen LogP contribution in [0.4, 0.5) is 5.69 Å². The molecule has 0 radical (unpaired) electrons. The van der Waals surface area contributed by atoms with Gasteiger partial charge in [-0.05, 0) is 11.8 Å². The van der Waals surface area contributed by atoms with Crippen LogP contribution in [-0.4, -0.2) is 20.9 Å². The van der Waals surface area contributed by atoms with E-state index in [-0.39, 0.29) is 5.75 Å². The molecule has 0 aliphatic heterocycles. The molecule has 0 heterocycles. The van der Waals surface area contributed by atoms with Crippen molar-refractivity contribution < 1.29 is 15.1 Å². The summed E-state index contributed by atoms with van der Waals surface area (Å²) in [5.41, 5.74) is -0.414. The fourth-order valence-corrected chi connectivity index (χ4v) is 0.666. The summed E-state index contributed by atoms with van der Waals surface area (Å²) in [7, 11) is 0. The van der Waals surface area contributed by atoms with Gasteiger partial charge >= 0.3 is 5.69 Å². The number of benzene rings is 1. The monoisotopic (exact) mass is 217 g/mol. The van der Waals surface area contributed by atoms with Crippen molar-refractivity contribution >= 4 is 18.3 Å². The lowest BCUT2D eigenvalue weighted by atomic mass is 10.3. The van der Waals surface area contributed by atoms with Gasteiger partial charge in [-0.2, -0.15) is 12.6 Å². The van der Waals surface area contributed by atoms with Gasteiger partial charge in [0.1, 0.15) is 5.75 Å². The lowest BCUT2D eigenvalue weighted by Gasteiger charge is -1.94. The molecule has 0 bridgehead atoms. The van der Waals surface area contributed by atoms with E-state index in [0.29, 0.717) is 0 Å². The predicted molar refractivity (Wildman–Crippen MR) is 56.0 cm³/mol. The maximum atomic E-state index is 10.1. The van der Waals surface area contributed by atoms with Gasteiger partial charge in [0.2, 0.25) is 0 Å². The second-order valence-corrected chi connectivity index (χ2v) is 2.88. The Hall–Kier alpha value is -1.43. The van der Waals surface area contributed by atoms with Crippen molar-refractivity contribution in [2.24, 2.45) is 0 Å². The molecule has 1 aromatic carbocycles. The number of rotatable bonds is 1. The average molecular weight is 217 g/mol. The van der Waals surface area contributed by atoms with Gasteiger partial charge in [0, 0.05) is 12.1 Å². The highest BCUT2D eigenvalue weighted by molar-refractivity contribution is 7.80. The minimum atomic E-state index is -0.727. The Labute approximate surface area is 86.6 Å². The maximum absolute atomic E-state index is 10.1. The van der Waals surface area contributed by atoms with E-state index in [1.54, 1.807) is 0 Å². The molecule has 0 unspecified atom stereocenters. The first-order valence-corrected chi connectivity index (χ1v) is 4.43. The van der Waals surface area contributed by atoms with Crippen LogP contribution in [0.1, 0.15) is 6.92 Å². The van der Waals surface area contributed by atoms with E-state index in [1.165, 1.54) is 0 Å². The molecule has 0 saturated heterocycles. The lowest BCUT2D eigenvalue weighted by molar-refractivity contribution is -0.385. The van der Waals surface area contributed by atoms with Crippen LogP contribution in [-0.2, 0) is 0 Å². The first-order chi connectivity index (χ1) is 6.52. The molecule has 0 aliphatic rings. The number of phenols is 2. The molecule has 6 heteroatoms. The molecule has 1 aromatic rings. The molecule has 78 valence electrons. The zero-order valence-electron chi connectivity index (χ0n) is 7.54. The minimum Gasteiger partial charge on any atom is -0.508 e. The Bertz CT molecular complexity index is 316. The first-order valence-electron chi connectivity index (χ1n) is 3.80. The summed E-state index contributed by atoms with van der Waals surface area (Å²) >= 11 is 3.79. The summed E-state index contributed by atoms with van der Waals surface area (Å²) in [5, 5.41) is 27.7. The summed E-state index contributed by atoms with van der Waals surface area (Å²) in [6.45, 7) is 1.99. The average Bonchev–Trinajstić information content (AvgIpc) is 2.04. The van der Waals surface area contributed by atoms with Crippen LogP contribution < -0.4 is 0 Å². The van der Waals surface area contributed by atoms with Crippen molar-refractivity contribution in [3.63, 3.8) is 0 Å². The third-order valence-corrected chi connectivity index (χ3v) is 1.16. The van der Waals surface area contributed by atoms with Crippen LogP contribution in [0.3, 0.4) is 0 Å². The van der Waals surface area contributed by atoms with E-state index in [9.17, 15) is 10.1 Å². The van der Waals surface area contributed by atoms with E-state index in [0.717, 1.165) is 24.0 Å². The Morgan fingerprint density at radius 3 is 2.36 bits per heavy atom. The highest BCUT2D eigenvalue weighted by Gasteiger charge is 2.11. The number of nitro groups is 1. The van der Waals surface area contributed by atoms with Crippen LogP contribution >= 0.6 is 12.6 Å². The standard InChI is InChI=1S/C6H5NO4.C2H6S/c8-4-1-2-5(7(10)11)6(9)3-4;1-2-3/h1-3,8-9H;3H,2H2,1H3. The molecule has 5 nitrogen and oxygen atoms in total. The van der Waals surface area contributed by atoms with E-state index in [2.05, 4.69) is 12.6 Å². The summed E-state index contributed by atoms with van der Waals surface area (Å²) in [4.78, 5) is 9.37. The van der Waals surface area contributed by atoms with Gasteiger partial charge in [0.15, 0.2) is 5.75 Å². The molecule has 0 amide bonds. The Kier molecular flexibility index (Phi) is 5.47. The largest absolute Gasteiger partial charge is 0.508 e. The molecular weight excluding hydrogens is 206 g/mol. The molecule has 0 fully saturated rings. The number of aromatic hydroxyl groups is 2. The van der Waals surface area contributed by atoms with Crippen LogP contribution in [0.2, 0.25) is 0 Å². The van der Waals surface area contributed by atoms with Crippen molar-refractivity contribution in [3.05, 3.63) is 28.3 Å². The highest BCUT2D eigenvalue weighted by atomic mass is 32.1. The SMILES string of the molecule is CCS.O=[N+]([O-])c1ccc(O)cc1O. The fraction of sp³-hybridized carbons (Fsp3) is 0.250. The molecule has 2 N–H and O–H groups in total. The number of hydrogen-bond acceptors (Lipinski definition) is 5. The normalized spacial score (nSPS) is 8.71. The predicted octanol–water partition coefficient (Wildman–Crippen LogP) is 1.94. The zero-order valence-corrected chi connectivity index (χ0v) is 8.44. The summed E-state index contributed by atoms with van der Waals surface area (Å²) < 4.78 is 0. The molecule has 1 rings (SSSR count). The van der Waals surface area contributed by atoms with E-state index in [1.807, 2.05) is 6.92 Å². The van der Waals surface area contributed by atoms with Crippen LogP contribution in [0, 0.1) is 10.1 Å². The Morgan fingerprint density at radius 1 is 1.50 bits per heavy atom. The second-order valence-electron chi connectivity index (χ2n) is 2.25. The molecule has 0 saturated carbocycles. The molecule has 14 heavy (non-hydrogen) atoms. The Morgan fingerprint density at radius 2 is 2.00 bits per heavy atom. The van der Waals surface area contributed by atoms with Gasteiger partial charge in [0.25, 0.3) is 0 Å². The number of nitrogens with zero attached hydrogens (tertiary/aromatic N) is 1. The fourth-order valence-electron chi connectivity index (χ4n) is 0.666. The number of nitro benzene ring substituents is 1. The summed E-state index contributed by atoms with van der Waals surface area (Å²) in [6.07, 6.45) is 0. The number of thiol groups is 1. The van der Waals surface area contributed by atoms with Crippen molar-refractivity contribution in [2.75, 3.05) is 5.75 Å². The number of phenolic OH excluding ortho intramolecular Hbond substituents is 2. The van der Waals surface area contributed by atoms with Gasteiger partial charge in [-0.3, -0.25) is 10.1 Å². The Balaban J connectivity index is 0.000000500. The van der Waals surface area contributed by atoms with E-state index >= 15 is 0 Å². The van der Waals surface area contributed by atoms with Crippen molar-refractivity contribution in [1.29, 1.82) is 0 Å². The third kappa shape index (κ3) is 3.99. The van der Waals surface area contributed by atoms with Gasteiger partial charge in [-0.15, -0.1) is 0 Å². The first kappa shape index (κ1) is 12.6. The maximum Gasteiger partial charge on any atom is 0.310 e. The zero-order chi connectivity index (χ0) is 11.1. The third-order valence-electron chi connectivity index (χ3n) is 1.16. The van der Waals surface area contributed by atoms with Gasteiger partial charge in [0.05, 0.1) is 4.92 Å². The van der Waals surface area contributed by atoms with Gasteiger partial charge in [-0.25, -0.2) is 0 Å². The topological polar surface area (TPSA) is 83.6 Å². The highest BCUT2D eigenvalue weighted by Crippen LogP contribution is 2.28. The second kappa shape index (κ2) is 6.09. The number of hydrogen-bond donors (Lipinski definition) is 3. The smallest absolute Gasteiger partial charge is 0.310 e. The molecule has 0 spiro atoms. The van der Waals surface area contributed by atoms with Crippen molar-refractivity contribution in [2.45, 2.75) is 6.92 Å². The molecule has 0 atom stereocenters. The summed E-state index contributed by atoms with van der Waals surface area (Å²) in [5.74, 6) is 0.211. The van der Waals surface area contributed by atoms with Crippen LogP contribution in [0.15, 0.2) is 18.2 Å². The van der Waals surface area contributed by atoms with Crippen molar-refractivity contribution in [1.82, 2.24) is 0 Å². The lowest BCUT2D eigenvalue weighted by Crippen LogP contribution is -1.87.